The highest BCUT2D eigenvalue weighted by molar-refractivity contribution is 7.89. The lowest BCUT2D eigenvalue weighted by molar-refractivity contribution is -0.114. The van der Waals surface area contributed by atoms with Gasteiger partial charge in [-0.15, -0.1) is 0 Å². The van der Waals surface area contributed by atoms with Crippen molar-refractivity contribution in [3.63, 3.8) is 0 Å². The van der Waals surface area contributed by atoms with E-state index in [-0.39, 0.29) is 27.6 Å². The molecule has 2 aromatic rings. The molecule has 1 aliphatic rings. The molecular formula is C22H23FN2O6S. The molecule has 10 heteroatoms. The molecule has 0 saturated carbocycles. The van der Waals surface area contributed by atoms with E-state index in [1.165, 1.54) is 47.6 Å². The highest BCUT2D eigenvalue weighted by atomic mass is 32.2. The monoisotopic (exact) mass is 462 g/mol. The molecule has 170 valence electrons. The number of ether oxygens (including phenoxy) is 1. The first-order chi connectivity index (χ1) is 15.2. The van der Waals surface area contributed by atoms with Gasteiger partial charge in [-0.05, 0) is 49.2 Å². The van der Waals surface area contributed by atoms with Gasteiger partial charge in [0.05, 0.1) is 16.0 Å². The van der Waals surface area contributed by atoms with Crippen molar-refractivity contribution in [2.75, 3.05) is 25.0 Å². The van der Waals surface area contributed by atoms with Crippen LogP contribution in [0.5, 0.6) is 0 Å². The number of ketones is 1. The van der Waals surface area contributed by atoms with Crippen LogP contribution in [0.4, 0.5) is 10.1 Å². The molecule has 0 aliphatic carbocycles. The van der Waals surface area contributed by atoms with Crippen LogP contribution < -0.4 is 5.32 Å². The molecule has 0 unspecified atom stereocenters. The van der Waals surface area contributed by atoms with Crippen LogP contribution in [0.25, 0.3) is 0 Å². The Kier molecular flexibility index (Phi) is 7.37. The quantitative estimate of drug-likeness (QED) is 0.500. The summed E-state index contributed by atoms with van der Waals surface area (Å²) in [6, 6.07) is 8.94. The van der Waals surface area contributed by atoms with Gasteiger partial charge in [-0.2, -0.15) is 4.31 Å². The second-order valence-corrected chi connectivity index (χ2v) is 9.31. The number of hydrogen-bond donors (Lipinski definition) is 1. The Morgan fingerprint density at radius 3 is 2.44 bits per heavy atom. The summed E-state index contributed by atoms with van der Waals surface area (Å²) >= 11 is 0. The average Bonchev–Trinajstić information content (AvgIpc) is 2.77. The fraction of sp³-hybridized carbons (Fsp3) is 0.318. The average molecular weight is 462 g/mol. The molecule has 0 bridgehead atoms. The minimum atomic E-state index is -3.73. The van der Waals surface area contributed by atoms with E-state index in [0.717, 1.165) is 25.3 Å². The lowest BCUT2D eigenvalue weighted by Gasteiger charge is -2.25. The Hall–Kier alpha value is -3.11. The molecule has 3 rings (SSSR count). The number of carbonyl (C=O) groups excluding carboxylic acids is 3. The molecule has 8 nitrogen and oxygen atoms in total. The van der Waals surface area contributed by atoms with Crippen LogP contribution in [0.2, 0.25) is 0 Å². The summed E-state index contributed by atoms with van der Waals surface area (Å²) in [5.74, 6) is -2.93. The number of sulfonamides is 1. The van der Waals surface area contributed by atoms with Crippen LogP contribution in [0, 0.1) is 5.82 Å². The van der Waals surface area contributed by atoms with Crippen LogP contribution in [-0.4, -0.2) is 50.1 Å². The summed E-state index contributed by atoms with van der Waals surface area (Å²) in [5, 5.41) is 2.40. The molecule has 1 fully saturated rings. The van der Waals surface area contributed by atoms with Gasteiger partial charge in [-0.3, -0.25) is 9.59 Å². The van der Waals surface area contributed by atoms with E-state index in [1.54, 1.807) is 0 Å². The van der Waals surface area contributed by atoms with Crippen molar-refractivity contribution >= 4 is 33.4 Å². The third kappa shape index (κ3) is 5.57. The van der Waals surface area contributed by atoms with Crippen molar-refractivity contribution in [2.24, 2.45) is 0 Å². The molecule has 0 aromatic heterocycles. The van der Waals surface area contributed by atoms with Gasteiger partial charge in [-0.1, -0.05) is 12.5 Å². The van der Waals surface area contributed by atoms with Crippen LogP contribution in [0.15, 0.2) is 47.4 Å². The summed E-state index contributed by atoms with van der Waals surface area (Å²) in [6.07, 6.45) is 2.54. The minimum Gasteiger partial charge on any atom is -0.454 e. The topological polar surface area (TPSA) is 110 Å². The molecule has 1 heterocycles. The predicted octanol–water partition coefficient (Wildman–Crippen LogP) is 3.00. The van der Waals surface area contributed by atoms with E-state index in [2.05, 4.69) is 5.32 Å². The number of Topliss-reactive ketones (excluding diaryl/α,β-unsaturated/α-hetero) is 1. The molecule has 0 spiro atoms. The number of carbonyl (C=O) groups is 3. The van der Waals surface area contributed by atoms with Crippen molar-refractivity contribution in [3.8, 4) is 0 Å². The minimum absolute atomic E-state index is 0.0280. The number of halogens is 1. The van der Waals surface area contributed by atoms with Gasteiger partial charge in [0.2, 0.25) is 21.7 Å². The molecule has 0 atom stereocenters. The maximum absolute atomic E-state index is 14.2. The Morgan fingerprint density at radius 2 is 1.78 bits per heavy atom. The molecule has 0 radical (unpaired) electrons. The number of piperidine rings is 1. The zero-order valence-corrected chi connectivity index (χ0v) is 18.3. The standard InChI is InChI=1S/C22H23FN2O6S/c1-15(26)24-17-8-9-19(20(23)13-17)21(27)14-31-22(28)16-6-5-7-18(12-16)32(29,30)25-10-3-2-4-11-25/h5-9,12-13H,2-4,10-11,14H2,1H3,(H,24,26). The maximum Gasteiger partial charge on any atom is 0.338 e. The van der Waals surface area contributed by atoms with Gasteiger partial charge in [0, 0.05) is 25.7 Å². The van der Waals surface area contributed by atoms with Crippen LogP contribution in [0.1, 0.15) is 46.9 Å². The number of hydrogen-bond acceptors (Lipinski definition) is 6. The number of anilines is 1. The Morgan fingerprint density at radius 1 is 1.06 bits per heavy atom. The Bertz CT molecular complexity index is 1140. The van der Waals surface area contributed by atoms with Crippen molar-refractivity contribution < 1.29 is 31.9 Å². The van der Waals surface area contributed by atoms with Gasteiger partial charge < -0.3 is 10.1 Å². The second kappa shape index (κ2) is 10.0. The number of amides is 1. The third-order valence-electron chi connectivity index (χ3n) is 4.95. The molecular weight excluding hydrogens is 439 g/mol. The molecule has 1 amide bonds. The van der Waals surface area contributed by atoms with Gasteiger partial charge in [0.15, 0.2) is 6.61 Å². The first kappa shape index (κ1) is 23.6. The molecule has 1 aliphatic heterocycles. The first-order valence-electron chi connectivity index (χ1n) is 10.1. The van der Waals surface area contributed by atoms with Crippen LogP contribution in [0.3, 0.4) is 0 Å². The highest BCUT2D eigenvalue weighted by Crippen LogP contribution is 2.22. The summed E-state index contributed by atoms with van der Waals surface area (Å²) in [4.78, 5) is 35.6. The lowest BCUT2D eigenvalue weighted by atomic mass is 10.1. The zero-order chi connectivity index (χ0) is 23.3. The summed E-state index contributed by atoms with van der Waals surface area (Å²) < 4.78 is 46.1. The molecule has 1 saturated heterocycles. The van der Waals surface area contributed by atoms with Crippen molar-refractivity contribution in [1.82, 2.24) is 4.31 Å². The maximum atomic E-state index is 14.2. The van der Waals surface area contributed by atoms with Gasteiger partial charge in [-0.25, -0.2) is 17.6 Å². The highest BCUT2D eigenvalue weighted by Gasteiger charge is 2.26. The van der Waals surface area contributed by atoms with Gasteiger partial charge in [0.25, 0.3) is 0 Å². The van der Waals surface area contributed by atoms with E-state index in [4.69, 9.17) is 4.74 Å². The van der Waals surface area contributed by atoms with E-state index in [1.807, 2.05) is 0 Å². The third-order valence-corrected chi connectivity index (χ3v) is 6.84. The van der Waals surface area contributed by atoms with Crippen molar-refractivity contribution in [3.05, 3.63) is 59.4 Å². The molecule has 2 aromatic carbocycles. The summed E-state index contributed by atoms with van der Waals surface area (Å²) in [7, 11) is -3.73. The van der Waals surface area contributed by atoms with Gasteiger partial charge >= 0.3 is 5.97 Å². The number of benzene rings is 2. The summed E-state index contributed by atoms with van der Waals surface area (Å²) in [6.45, 7) is 1.40. The SMILES string of the molecule is CC(=O)Nc1ccc(C(=O)COC(=O)c2cccc(S(=O)(=O)N3CCCCC3)c2)c(F)c1. The van der Waals surface area contributed by atoms with Crippen LogP contribution >= 0.6 is 0 Å². The lowest BCUT2D eigenvalue weighted by Crippen LogP contribution is -2.35. The fourth-order valence-corrected chi connectivity index (χ4v) is 4.92. The van der Waals surface area contributed by atoms with Crippen molar-refractivity contribution in [2.45, 2.75) is 31.1 Å². The smallest absolute Gasteiger partial charge is 0.338 e. The number of esters is 1. The second-order valence-electron chi connectivity index (χ2n) is 7.37. The van der Waals surface area contributed by atoms with E-state index >= 15 is 0 Å². The van der Waals surface area contributed by atoms with Gasteiger partial charge in [0.1, 0.15) is 5.82 Å². The first-order valence-corrected chi connectivity index (χ1v) is 11.5. The van der Waals surface area contributed by atoms with Crippen LogP contribution in [-0.2, 0) is 19.6 Å². The Labute approximate surface area is 185 Å². The largest absolute Gasteiger partial charge is 0.454 e. The predicted molar refractivity (Wildman–Crippen MR) is 114 cm³/mol. The van der Waals surface area contributed by atoms with E-state index in [0.29, 0.717) is 13.1 Å². The number of rotatable bonds is 7. The van der Waals surface area contributed by atoms with E-state index in [9.17, 15) is 27.2 Å². The number of nitrogens with one attached hydrogen (secondary N) is 1. The fourth-order valence-electron chi connectivity index (χ4n) is 3.35. The Balaban J connectivity index is 1.67. The summed E-state index contributed by atoms with van der Waals surface area (Å²) in [5.41, 5.74) is -0.138. The zero-order valence-electron chi connectivity index (χ0n) is 17.5. The number of nitrogens with zero attached hydrogens (tertiary/aromatic N) is 1. The van der Waals surface area contributed by atoms with E-state index < -0.39 is 34.2 Å². The van der Waals surface area contributed by atoms with Crippen molar-refractivity contribution in [1.29, 1.82) is 0 Å². The molecule has 32 heavy (non-hydrogen) atoms. The normalized spacial score (nSPS) is 14.6. The molecule has 1 N–H and O–H groups in total.